The van der Waals surface area contributed by atoms with Crippen molar-refractivity contribution in [3.05, 3.63) is 98.9 Å². The summed E-state index contributed by atoms with van der Waals surface area (Å²) in [5.41, 5.74) is 3.98. The molecule has 32 heavy (non-hydrogen) atoms. The zero-order chi connectivity index (χ0) is 22.7. The highest BCUT2D eigenvalue weighted by molar-refractivity contribution is 7.12. The number of nitrogens with zero attached hydrogens (tertiary/aromatic N) is 1. The van der Waals surface area contributed by atoms with Crippen LogP contribution in [-0.4, -0.2) is 16.8 Å². The van der Waals surface area contributed by atoms with Crippen molar-refractivity contribution < 1.29 is 14.7 Å². The summed E-state index contributed by atoms with van der Waals surface area (Å²) in [6.07, 6.45) is 4.11. The van der Waals surface area contributed by atoms with Crippen LogP contribution < -0.4 is 4.90 Å². The minimum absolute atomic E-state index is 0.136. The molecule has 1 N–H and O–H groups in total. The van der Waals surface area contributed by atoms with E-state index in [1.54, 1.807) is 17.0 Å². The molecule has 0 saturated carbocycles. The normalized spacial score (nSPS) is 16.1. The van der Waals surface area contributed by atoms with Gasteiger partial charge in [0.2, 0.25) is 5.78 Å². The predicted octanol–water partition coefficient (Wildman–Crippen LogP) is 6.44. The molecule has 0 saturated heterocycles. The van der Waals surface area contributed by atoms with Crippen molar-refractivity contribution >= 4 is 28.7 Å². The maximum atomic E-state index is 13.3. The van der Waals surface area contributed by atoms with Gasteiger partial charge in [0.1, 0.15) is 0 Å². The number of carbonyl (C=O) groups is 2. The van der Waals surface area contributed by atoms with E-state index < -0.39 is 17.7 Å². The molecule has 1 aliphatic rings. The summed E-state index contributed by atoms with van der Waals surface area (Å²) in [5.74, 6) is -1.32. The number of aliphatic hydroxyl groups excluding tert-OH is 1. The van der Waals surface area contributed by atoms with E-state index in [1.807, 2.05) is 53.9 Å². The second-order valence-corrected chi connectivity index (χ2v) is 8.96. The van der Waals surface area contributed by atoms with Gasteiger partial charge in [0.25, 0.3) is 5.91 Å². The Kier molecular flexibility index (Phi) is 6.56. The molecular weight excluding hydrogens is 418 g/mol. The monoisotopic (exact) mass is 445 g/mol. The van der Waals surface area contributed by atoms with E-state index in [0.29, 0.717) is 10.6 Å². The fourth-order valence-corrected chi connectivity index (χ4v) is 4.78. The van der Waals surface area contributed by atoms with Crippen molar-refractivity contribution in [3.8, 4) is 0 Å². The molecule has 0 aliphatic carbocycles. The largest absolute Gasteiger partial charge is 0.503 e. The van der Waals surface area contributed by atoms with Gasteiger partial charge in [-0.15, -0.1) is 11.3 Å². The van der Waals surface area contributed by atoms with Gasteiger partial charge in [0.05, 0.1) is 16.5 Å². The SMILES string of the molecule is CCCCc1ccc(N2C(=O)C(O)=C(C(=O)c3cccs3)C2c2ccc(CC)cc2)cc1. The average molecular weight is 446 g/mol. The molecule has 4 nitrogen and oxygen atoms in total. The van der Waals surface area contributed by atoms with Gasteiger partial charge in [-0.3, -0.25) is 14.5 Å². The molecule has 4 rings (SSSR count). The third-order valence-electron chi connectivity index (χ3n) is 5.93. The Morgan fingerprint density at radius 2 is 1.69 bits per heavy atom. The Labute approximate surface area is 192 Å². The van der Waals surface area contributed by atoms with Crippen LogP contribution in [-0.2, 0) is 17.6 Å². The molecule has 2 heterocycles. The van der Waals surface area contributed by atoms with Gasteiger partial charge in [-0.25, -0.2) is 0 Å². The highest BCUT2D eigenvalue weighted by atomic mass is 32.1. The van der Waals surface area contributed by atoms with E-state index in [4.69, 9.17) is 0 Å². The van der Waals surface area contributed by atoms with E-state index in [2.05, 4.69) is 13.8 Å². The Hall–Kier alpha value is -3.18. The summed E-state index contributed by atoms with van der Waals surface area (Å²) >= 11 is 1.31. The molecule has 164 valence electrons. The number of thiophene rings is 1. The van der Waals surface area contributed by atoms with Crippen LogP contribution in [0.1, 0.15) is 59.1 Å². The standard InChI is InChI=1S/C27H27NO3S/c1-3-5-7-19-11-15-21(16-12-19)28-24(20-13-9-18(4-2)10-14-20)23(26(30)27(28)31)25(29)22-8-6-17-32-22/h6,8-17,24,30H,3-5,7H2,1-2H3. The summed E-state index contributed by atoms with van der Waals surface area (Å²) in [6.45, 7) is 4.24. The fraction of sp³-hybridized carbons (Fsp3) is 0.259. The number of hydrogen-bond donors (Lipinski definition) is 1. The molecule has 1 unspecified atom stereocenters. The van der Waals surface area contributed by atoms with E-state index in [-0.39, 0.29) is 11.4 Å². The highest BCUT2D eigenvalue weighted by Crippen LogP contribution is 2.42. The van der Waals surface area contributed by atoms with E-state index in [0.717, 1.165) is 31.2 Å². The smallest absolute Gasteiger partial charge is 0.294 e. The fourth-order valence-electron chi connectivity index (χ4n) is 4.10. The molecule has 1 aromatic heterocycles. The molecule has 0 radical (unpaired) electrons. The van der Waals surface area contributed by atoms with Gasteiger partial charge in [-0.2, -0.15) is 0 Å². The quantitative estimate of drug-likeness (QED) is 0.406. The van der Waals surface area contributed by atoms with Crippen molar-refractivity contribution in [2.45, 2.75) is 45.6 Å². The molecule has 0 spiro atoms. The van der Waals surface area contributed by atoms with Crippen molar-refractivity contribution in [1.82, 2.24) is 0 Å². The molecule has 1 amide bonds. The molecular formula is C27H27NO3S. The third kappa shape index (κ3) is 4.13. The zero-order valence-corrected chi connectivity index (χ0v) is 19.2. The van der Waals surface area contributed by atoms with Crippen LogP contribution in [0.2, 0.25) is 0 Å². The molecule has 0 fully saturated rings. The summed E-state index contributed by atoms with van der Waals surface area (Å²) in [6, 6.07) is 18.6. The first-order valence-electron chi connectivity index (χ1n) is 11.1. The van der Waals surface area contributed by atoms with Gasteiger partial charge in [0, 0.05) is 5.69 Å². The molecule has 5 heteroatoms. The molecule has 3 aromatic rings. The van der Waals surface area contributed by atoms with E-state index in [9.17, 15) is 14.7 Å². The first-order valence-corrected chi connectivity index (χ1v) is 12.0. The minimum atomic E-state index is -0.676. The Balaban J connectivity index is 1.78. The number of anilines is 1. The van der Waals surface area contributed by atoms with Gasteiger partial charge in [-0.1, -0.05) is 62.7 Å². The molecule has 1 aliphatic heterocycles. The molecule has 0 bridgehead atoms. The third-order valence-corrected chi connectivity index (χ3v) is 6.80. The van der Waals surface area contributed by atoms with Crippen molar-refractivity contribution in [2.75, 3.05) is 4.90 Å². The van der Waals surface area contributed by atoms with Crippen LogP contribution in [0.4, 0.5) is 5.69 Å². The van der Waals surface area contributed by atoms with Crippen molar-refractivity contribution in [1.29, 1.82) is 0 Å². The van der Waals surface area contributed by atoms with Gasteiger partial charge in [0.15, 0.2) is 5.76 Å². The summed E-state index contributed by atoms with van der Waals surface area (Å²) < 4.78 is 0. The Morgan fingerprint density at radius 3 is 2.28 bits per heavy atom. The zero-order valence-electron chi connectivity index (χ0n) is 18.4. The van der Waals surface area contributed by atoms with E-state index >= 15 is 0 Å². The molecule has 2 aromatic carbocycles. The summed E-state index contributed by atoms with van der Waals surface area (Å²) in [4.78, 5) is 28.6. The van der Waals surface area contributed by atoms with Crippen LogP contribution in [0.15, 0.2) is 77.4 Å². The topological polar surface area (TPSA) is 57.6 Å². The lowest BCUT2D eigenvalue weighted by Gasteiger charge is -2.27. The number of unbranched alkanes of at least 4 members (excludes halogenated alkanes) is 1. The maximum absolute atomic E-state index is 13.3. The first kappa shape index (κ1) is 22.0. The predicted molar refractivity (Wildman–Crippen MR) is 129 cm³/mol. The first-order chi connectivity index (χ1) is 15.5. The minimum Gasteiger partial charge on any atom is -0.503 e. The lowest BCUT2D eigenvalue weighted by molar-refractivity contribution is -0.117. The number of benzene rings is 2. The number of Topliss-reactive ketones (excluding diaryl/α,β-unsaturated/α-hetero) is 1. The molecule has 1 atom stereocenters. The van der Waals surface area contributed by atoms with Gasteiger partial charge in [-0.05, 0) is 59.5 Å². The maximum Gasteiger partial charge on any atom is 0.294 e. The number of ketones is 1. The van der Waals surface area contributed by atoms with Gasteiger partial charge < -0.3 is 5.11 Å². The highest BCUT2D eigenvalue weighted by Gasteiger charge is 2.44. The van der Waals surface area contributed by atoms with Crippen molar-refractivity contribution in [3.63, 3.8) is 0 Å². The Morgan fingerprint density at radius 1 is 1.00 bits per heavy atom. The van der Waals surface area contributed by atoms with Crippen molar-refractivity contribution in [2.24, 2.45) is 0 Å². The second-order valence-electron chi connectivity index (χ2n) is 8.01. The van der Waals surface area contributed by atoms with Gasteiger partial charge >= 0.3 is 0 Å². The lowest BCUT2D eigenvalue weighted by Crippen LogP contribution is -2.31. The lowest BCUT2D eigenvalue weighted by atomic mass is 9.94. The number of aryl methyl sites for hydroxylation is 2. The van der Waals surface area contributed by atoms with Crippen LogP contribution in [0.3, 0.4) is 0 Å². The Bertz CT molecular complexity index is 1130. The number of carbonyl (C=O) groups excluding carboxylic acids is 2. The second kappa shape index (κ2) is 9.53. The average Bonchev–Trinajstić information content (AvgIpc) is 3.45. The van der Waals surface area contributed by atoms with Crippen LogP contribution in [0.5, 0.6) is 0 Å². The van der Waals surface area contributed by atoms with Crippen LogP contribution in [0.25, 0.3) is 0 Å². The number of amides is 1. The number of rotatable bonds is 8. The number of aliphatic hydroxyl groups is 1. The van der Waals surface area contributed by atoms with Crippen LogP contribution in [0, 0.1) is 0 Å². The van der Waals surface area contributed by atoms with Crippen LogP contribution >= 0.6 is 11.3 Å². The number of hydrogen-bond acceptors (Lipinski definition) is 4. The van der Waals surface area contributed by atoms with E-state index in [1.165, 1.54) is 22.5 Å². The summed E-state index contributed by atoms with van der Waals surface area (Å²) in [5, 5.41) is 12.7. The summed E-state index contributed by atoms with van der Waals surface area (Å²) in [7, 11) is 0.